The zero-order chi connectivity index (χ0) is 15.4. The lowest BCUT2D eigenvalue weighted by Gasteiger charge is -2.14. The van der Waals surface area contributed by atoms with Crippen LogP contribution in [-0.4, -0.2) is 28.9 Å². The van der Waals surface area contributed by atoms with Gasteiger partial charge in [-0.05, 0) is 19.8 Å². The number of amides is 4. The van der Waals surface area contributed by atoms with Crippen LogP contribution in [0.15, 0.2) is 0 Å². The van der Waals surface area contributed by atoms with Crippen molar-refractivity contribution >= 4 is 29.2 Å². The molecule has 0 spiro atoms. The minimum atomic E-state index is -0.685. The number of urea groups is 1. The first-order chi connectivity index (χ1) is 9.99. The number of rotatable bonds is 4. The van der Waals surface area contributed by atoms with Crippen molar-refractivity contribution < 1.29 is 14.4 Å². The first kappa shape index (κ1) is 15.4. The highest BCUT2D eigenvalue weighted by Gasteiger charge is 2.26. The molecular formula is C13H18N4O3S. The largest absolute Gasteiger partial charge is 0.349 e. The van der Waals surface area contributed by atoms with Crippen LogP contribution in [0, 0.1) is 6.92 Å². The molecule has 7 nitrogen and oxygen atoms in total. The maximum atomic E-state index is 12.1. The number of carbonyl (C=O) groups excluding carboxylic acids is 3. The van der Waals surface area contributed by atoms with Crippen molar-refractivity contribution in [2.45, 2.75) is 45.7 Å². The molecule has 1 aliphatic heterocycles. The number of nitrogens with one attached hydrogen (secondary N) is 3. The molecule has 0 saturated carbocycles. The maximum Gasteiger partial charge on any atom is 0.322 e. The highest BCUT2D eigenvalue weighted by atomic mass is 32.1. The number of carbonyl (C=O) groups is 3. The summed E-state index contributed by atoms with van der Waals surface area (Å²) in [7, 11) is 0. The van der Waals surface area contributed by atoms with Crippen molar-refractivity contribution in [2.75, 3.05) is 0 Å². The summed E-state index contributed by atoms with van der Waals surface area (Å²) in [5.41, 5.74) is 0.916. The molecule has 1 aromatic rings. The summed E-state index contributed by atoms with van der Waals surface area (Å²) in [6, 6.07) is -1.31. The smallest absolute Gasteiger partial charge is 0.322 e. The van der Waals surface area contributed by atoms with Gasteiger partial charge in [0.15, 0.2) is 0 Å². The lowest BCUT2D eigenvalue weighted by molar-refractivity contribution is -0.123. The Hall–Kier alpha value is -1.96. The molecule has 1 fully saturated rings. The second-order valence-electron chi connectivity index (χ2n) is 4.80. The van der Waals surface area contributed by atoms with Crippen LogP contribution in [0.25, 0.3) is 0 Å². The summed E-state index contributed by atoms with van der Waals surface area (Å²) < 4.78 is 0. The fraction of sp³-hybridized carbons (Fsp3) is 0.538. The molecular weight excluding hydrogens is 292 g/mol. The standard InChI is InChI=1S/C13H18N4O3S/c1-3-11-15-7(2)9(21-11)6-14-12(19)8-4-5-10(18)17-13(20)16-8/h8H,3-6H2,1-2H3,(H,14,19)(H2,16,17,18,20). The molecule has 0 aromatic carbocycles. The molecule has 21 heavy (non-hydrogen) atoms. The SMILES string of the molecule is CCc1nc(C)c(CNC(=O)C2CCC(=O)NC(=O)N2)s1. The first-order valence-corrected chi connectivity index (χ1v) is 7.64. The van der Waals surface area contributed by atoms with Gasteiger partial charge in [0.1, 0.15) is 6.04 Å². The average Bonchev–Trinajstić information content (AvgIpc) is 2.71. The summed E-state index contributed by atoms with van der Waals surface area (Å²) >= 11 is 1.57. The molecule has 1 atom stereocenters. The Balaban J connectivity index is 1.93. The Morgan fingerprint density at radius 1 is 1.48 bits per heavy atom. The van der Waals surface area contributed by atoms with Gasteiger partial charge in [-0.3, -0.25) is 14.9 Å². The number of nitrogens with zero attached hydrogens (tertiary/aromatic N) is 1. The van der Waals surface area contributed by atoms with E-state index in [1.54, 1.807) is 11.3 Å². The van der Waals surface area contributed by atoms with Crippen molar-refractivity contribution in [1.82, 2.24) is 20.9 Å². The van der Waals surface area contributed by atoms with Crippen LogP contribution in [0.5, 0.6) is 0 Å². The van der Waals surface area contributed by atoms with E-state index in [-0.39, 0.29) is 18.2 Å². The van der Waals surface area contributed by atoms with E-state index in [0.717, 1.165) is 22.0 Å². The summed E-state index contributed by atoms with van der Waals surface area (Å²) in [4.78, 5) is 40.1. The number of aryl methyl sites for hydroxylation is 2. The van der Waals surface area contributed by atoms with Crippen LogP contribution < -0.4 is 16.0 Å². The highest BCUT2D eigenvalue weighted by molar-refractivity contribution is 7.11. The van der Waals surface area contributed by atoms with Crippen molar-refractivity contribution in [3.05, 3.63) is 15.6 Å². The van der Waals surface area contributed by atoms with E-state index in [4.69, 9.17) is 0 Å². The van der Waals surface area contributed by atoms with Crippen molar-refractivity contribution in [3.63, 3.8) is 0 Å². The first-order valence-electron chi connectivity index (χ1n) is 6.82. The van der Waals surface area contributed by atoms with E-state index in [2.05, 4.69) is 20.9 Å². The summed E-state index contributed by atoms with van der Waals surface area (Å²) in [6.45, 7) is 4.33. The third-order valence-corrected chi connectivity index (χ3v) is 4.50. The van der Waals surface area contributed by atoms with Crippen LogP contribution >= 0.6 is 11.3 Å². The fourth-order valence-corrected chi connectivity index (χ4v) is 2.97. The van der Waals surface area contributed by atoms with Gasteiger partial charge in [0.05, 0.1) is 17.2 Å². The van der Waals surface area contributed by atoms with E-state index in [1.165, 1.54) is 0 Å². The molecule has 2 heterocycles. The molecule has 3 N–H and O–H groups in total. The molecule has 1 aliphatic rings. The van der Waals surface area contributed by atoms with Gasteiger partial charge in [0.25, 0.3) is 0 Å². The average molecular weight is 310 g/mol. The molecule has 1 aromatic heterocycles. The van der Waals surface area contributed by atoms with Crippen LogP contribution in [0.2, 0.25) is 0 Å². The van der Waals surface area contributed by atoms with Crippen LogP contribution in [0.1, 0.15) is 35.3 Å². The van der Waals surface area contributed by atoms with Crippen molar-refractivity contribution in [1.29, 1.82) is 0 Å². The molecule has 0 radical (unpaired) electrons. The van der Waals surface area contributed by atoms with E-state index < -0.39 is 12.1 Å². The Morgan fingerprint density at radius 2 is 2.24 bits per heavy atom. The summed E-state index contributed by atoms with van der Waals surface area (Å²) in [6.07, 6.45) is 1.31. The third-order valence-electron chi connectivity index (χ3n) is 3.20. The zero-order valence-electron chi connectivity index (χ0n) is 12.0. The highest BCUT2D eigenvalue weighted by Crippen LogP contribution is 2.18. The maximum absolute atomic E-state index is 12.1. The zero-order valence-corrected chi connectivity index (χ0v) is 12.8. The van der Waals surface area contributed by atoms with Gasteiger partial charge in [-0.25, -0.2) is 9.78 Å². The summed E-state index contributed by atoms with van der Waals surface area (Å²) in [5.74, 6) is -0.653. The Labute approximate surface area is 126 Å². The van der Waals surface area contributed by atoms with E-state index in [1.807, 2.05) is 13.8 Å². The topological polar surface area (TPSA) is 100 Å². The van der Waals surface area contributed by atoms with Crippen LogP contribution in [0.4, 0.5) is 4.79 Å². The van der Waals surface area contributed by atoms with Gasteiger partial charge in [-0.15, -0.1) is 11.3 Å². The number of thiazole rings is 1. The third kappa shape index (κ3) is 4.01. The minimum Gasteiger partial charge on any atom is -0.349 e. The monoisotopic (exact) mass is 310 g/mol. The Morgan fingerprint density at radius 3 is 2.90 bits per heavy atom. The van der Waals surface area contributed by atoms with Gasteiger partial charge in [-0.1, -0.05) is 6.92 Å². The van der Waals surface area contributed by atoms with Gasteiger partial charge in [-0.2, -0.15) is 0 Å². The van der Waals surface area contributed by atoms with Crippen molar-refractivity contribution in [3.8, 4) is 0 Å². The van der Waals surface area contributed by atoms with Gasteiger partial charge < -0.3 is 10.6 Å². The minimum absolute atomic E-state index is 0.149. The predicted octanol–water partition coefficient (Wildman–Crippen LogP) is 0.618. The molecule has 1 saturated heterocycles. The second-order valence-corrected chi connectivity index (χ2v) is 5.97. The fourth-order valence-electron chi connectivity index (χ4n) is 2.02. The molecule has 2 rings (SSSR count). The quantitative estimate of drug-likeness (QED) is 0.759. The van der Waals surface area contributed by atoms with E-state index in [0.29, 0.717) is 13.0 Å². The predicted molar refractivity (Wildman–Crippen MR) is 77.8 cm³/mol. The van der Waals surface area contributed by atoms with Gasteiger partial charge in [0.2, 0.25) is 11.8 Å². The van der Waals surface area contributed by atoms with Gasteiger partial charge >= 0.3 is 6.03 Å². The molecule has 4 amide bonds. The lowest BCUT2D eigenvalue weighted by atomic mass is 10.1. The molecule has 8 heteroatoms. The molecule has 0 aliphatic carbocycles. The molecule has 114 valence electrons. The Bertz CT molecular complexity index is 570. The van der Waals surface area contributed by atoms with E-state index in [9.17, 15) is 14.4 Å². The Kier molecular flexibility index (Phi) is 4.89. The number of imide groups is 1. The van der Waals surface area contributed by atoms with E-state index >= 15 is 0 Å². The second kappa shape index (κ2) is 6.66. The van der Waals surface area contributed by atoms with Crippen molar-refractivity contribution in [2.24, 2.45) is 0 Å². The van der Waals surface area contributed by atoms with Crippen LogP contribution in [-0.2, 0) is 22.6 Å². The number of hydrogen-bond acceptors (Lipinski definition) is 5. The number of aromatic nitrogens is 1. The van der Waals surface area contributed by atoms with Gasteiger partial charge in [0, 0.05) is 11.3 Å². The normalized spacial score (nSPS) is 18.7. The molecule has 1 unspecified atom stereocenters. The molecule has 0 bridgehead atoms. The lowest BCUT2D eigenvalue weighted by Crippen LogP contribution is -2.48. The van der Waals surface area contributed by atoms with Crippen LogP contribution in [0.3, 0.4) is 0 Å². The number of hydrogen-bond donors (Lipinski definition) is 3. The summed E-state index contributed by atoms with van der Waals surface area (Å²) in [5, 5.41) is 8.45.